The lowest BCUT2D eigenvalue weighted by molar-refractivity contribution is -0.136. The van der Waals surface area contributed by atoms with Gasteiger partial charge in [-0.1, -0.05) is 12.1 Å². The summed E-state index contributed by atoms with van der Waals surface area (Å²) < 4.78 is 22.5. The zero-order valence-electron chi connectivity index (χ0n) is 18.1. The summed E-state index contributed by atoms with van der Waals surface area (Å²) >= 11 is 0. The first-order chi connectivity index (χ1) is 15.6. The Bertz CT molecular complexity index is 924. The molecule has 0 spiro atoms. The van der Waals surface area contributed by atoms with E-state index in [1.807, 2.05) is 24.3 Å². The minimum atomic E-state index is -0.238. The smallest absolute Gasteiger partial charge is 0.251 e. The second kappa shape index (κ2) is 10.4. The van der Waals surface area contributed by atoms with E-state index < -0.39 is 0 Å². The highest BCUT2D eigenvalue weighted by molar-refractivity contribution is 5.94. The van der Waals surface area contributed by atoms with Gasteiger partial charge in [-0.05, 0) is 36.4 Å². The van der Waals surface area contributed by atoms with Gasteiger partial charge in [-0.25, -0.2) is 0 Å². The molecule has 0 radical (unpaired) electrons. The molecule has 1 fully saturated rings. The number of methoxy groups -OCH3 is 1. The maximum absolute atomic E-state index is 12.5. The quantitative estimate of drug-likeness (QED) is 0.711. The van der Waals surface area contributed by atoms with Crippen LogP contribution in [0.15, 0.2) is 48.5 Å². The van der Waals surface area contributed by atoms with Gasteiger partial charge in [0.05, 0.1) is 6.54 Å². The number of ether oxygens (including phenoxy) is 4. The topological polar surface area (TPSA) is 86.3 Å². The molecule has 4 rings (SSSR count). The maximum Gasteiger partial charge on any atom is 0.251 e. The van der Waals surface area contributed by atoms with Gasteiger partial charge in [0.25, 0.3) is 5.91 Å². The number of hydrogen-bond acceptors (Lipinski definition) is 6. The van der Waals surface area contributed by atoms with E-state index in [-0.39, 0.29) is 30.6 Å². The van der Waals surface area contributed by atoms with Crippen LogP contribution in [0.5, 0.6) is 17.2 Å². The summed E-state index contributed by atoms with van der Waals surface area (Å²) in [5.41, 5.74) is 0.550. The van der Waals surface area contributed by atoms with Gasteiger partial charge in [-0.15, -0.1) is 0 Å². The average molecular weight is 440 g/mol. The third kappa shape index (κ3) is 5.50. The van der Waals surface area contributed by atoms with Gasteiger partial charge in [0.2, 0.25) is 5.91 Å². The third-order valence-corrected chi connectivity index (χ3v) is 5.54. The highest BCUT2D eigenvalue weighted by atomic mass is 16.6. The molecule has 0 aliphatic carbocycles. The molecule has 2 heterocycles. The fourth-order valence-corrected chi connectivity index (χ4v) is 3.79. The number of nitrogens with one attached hydrogen (secondary N) is 1. The van der Waals surface area contributed by atoms with Crippen molar-refractivity contribution in [2.45, 2.75) is 25.0 Å². The SMILES string of the molecule is COCC(=O)N1CCC(Oc2ccc(C(=O)NCC3COc4ccccc4O3)cc2)CC1. The summed E-state index contributed by atoms with van der Waals surface area (Å²) in [4.78, 5) is 26.2. The number of para-hydroxylation sites is 2. The molecule has 2 aromatic rings. The molecule has 2 aliphatic heterocycles. The monoisotopic (exact) mass is 440 g/mol. The molecule has 1 atom stereocenters. The Labute approximate surface area is 187 Å². The zero-order chi connectivity index (χ0) is 22.3. The maximum atomic E-state index is 12.5. The van der Waals surface area contributed by atoms with Crippen LogP contribution in [0, 0.1) is 0 Å². The van der Waals surface area contributed by atoms with Gasteiger partial charge >= 0.3 is 0 Å². The summed E-state index contributed by atoms with van der Waals surface area (Å²) in [7, 11) is 1.52. The van der Waals surface area contributed by atoms with E-state index in [0.29, 0.717) is 43.3 Å². The van der Waals surface area contributed by atoms with Crippen LogP contribution in [-0.2, 0) is 9.53 Å². The van der Waals surface area contributed by atoms with E-state index in [1.165, 1.54) is 7.11 Å². The van der Waals surface area contributed by atoms with Crippen LogP contribution in [-0.4, -0.2) is 68.9 Å². The Kier molecular flexibility index (Phi) is 7.11. The zero-order valence-corrected chi connectivity index (χ0v) is 18.1. The molecule has 2 aromatic carbocycles. The van der Waals surface area contributed by atoms with Crippen LogP contribution >= 0.6 is 0 Å². The number of carbonyl (C=O) groups is 2. The van der Waals surface area contributed by atoms with Gasteiger partial charge in [0.15, 0.2) is 11.5 Å². The molecule has 0 aromatic heterocycles. The van der Waals surface area contributed by atoms with E-state index in [1.54, 1.807) is 29.2 Å². The molecule has 2 amide bonds. The van der Waals surface area contributed by atoms with Gasteiger partial charge in [-0.3, -0.25) is 9.59 Å². The number of fused-ring (bicyclic) bond motifs is 1. The number of hydrogen-bond donors (Lipinski definition) is 1. The van der Waals surface area contributed by atoms with Crippen LogP contribution in [0.1, 0.15) is 23.2 Å². The Morgan fingerprint density at radius 1 is 1.06 bits per heavy atom. The number of rotatable bonds is 7. The normalized spacial score (nSPS) is 18.2. The van der Waals surface area contributed by atoms with Crippen molar-refractivity contribution in [2.75, 3.05) is 40.0 Å². The number of benzene rings is 2. The molecular formula is C24H28N2O6. The predicted molar refractivity (Wildman–Crippen MR) is 117 cm³/mol. The molecule has 0 saturated carbocycles. The van der Waals surface area contributed by atoms with Crippen molar-refractivity contribution in [1.29, 1.82) is 0 Å². The number of nitrogens with zero attached hydrogens (tertiary/aromatic N) is 1. The Morgan fingerprint density at radius 3 is 2.50 bits per heavy atom. The van der Waals surface area contributed by atoms with E-state index in [2.05, 4.69) is 5.32 Å². The molecular weight excluding hydrogens is 412 g/mol. The lowest BCUT2D eigenvalue weighted by Gasteiger charge is -2.32. The van der Waals surface area contributed by atoms with Crippen molar-refractivity contribution in [2.24, 2.45) is 0 Å². The molecule has 1 unspecified atom stereocenters. The lowest BCUT2D eigenvalue weighted by atomic mass is 10.1. The summed E-state index contributed by atoms with van der Waals surface area (Å²) in [6, 6.07) is 14.6. The lowest BCUT2D eigenvalue weighted by Crippen LogP contribution is -2.43. The summed E-state index contributed by atoms with van der Waals surface area (Å²) in [6.07, 6.45) is 1.35. The first kappa shape index (κ1) is 22.0. The van der Waals surface area contributed by atoms with E-state index in [4.69, 9.17) is 18.9 Å². The first-order valence-electron chi connectivity index (χ1n) is 10.8. The Balaban J connectivity index is 1.22. The van der Waals surface area contributed by atoms with Crippen LogP contribution < -0.4 is 19.5 Å². The molecule has 8 nitrogen and oxygen atoms in total. The van der Waals surface area contributed by atoms with Crippen molar-refractivity contribution in [3.63, 3.8) is 0 Å². The van der Waals surface area contributed by atoms with Crippen molar-refractivity contribution in [3.8, 4) is 17.2 Å². The first-order valence-corrected chi connectivity index (χ1v) is 10.8. The van der Waals surface area contributed by atoms with Gasteiger partial charge in [-0.2, -0.15) is 0 Å². The fraction of sp³-hybridized carbons (Fsp3) is 0.417. The second-order valence-electron chi connectivity index (χ2n) is 7.86. The largest absolute Gasteiger partial charge is 0.490 e. The summed E-state index contributed by atoms with van der Waals surface area (Å²) in [5, 5.41) is 2.89. The Hall–Kier alpha value is -3.26. The van der Waals surface area contributed by atoms with Crippen molar-refractivity contribution >= 4 is 11.8 Å². The average Bonchev–Trinajstić information content (AvgIpc) is 2.83. The van der Waals surface area contributed by atoms with E-state index in [0.717, 1.165) is 18.6 Å². The van der Waals surface area contributed by atoms with E-state index >= 15 is 0 Å². The predicted octanol–water partition coefficient (Wildman–Crippen LogP) is 2.27. The van der Waals surface area contributed by atoms with Gasteiger partial charge in [0.1, 0.15) is 31.2 Å². The molecule has 32 heavy (non-hydrogen) atoms. The Morgan fingerprint density at radius 2 is 1.78 bits per heavy atom. The van der Waals surface area contributed by atoms with Crippen LogP contribution in [0.3, 0.4) is 0 Å². The standard InChI is InChI=1S/C24H28N2O6/c1-29-16-23(27)26-12-10-19(11-13-26)31-18-8-6-17(7-9-18)24(28)25-14-20-15-30-21-4-2-3-5-22(21)32-20/h2-9,19-20H,10-16H2,1H3,(H,25,28). The number of amides is 2. The minimum absolute atomic E-state index is 0.00992. The third-order valence-electron chi connectivity index (χ3n) is 5.54. The van der Waals surface area contributed by atoms with Crippen molar-refractivity contribution < 1.29 is 28.5 Å². The molecule has 170 valence electrons. The number of piperidine rings is 1. The molecule has 1 N–H and O–H groups in total. The van der Waals surface area contributed by atoms with Crippen LogP contribution in [0.4, 0.5) is 0 Å². The summed E-state index contributed by atoms with van der Waals surface area (Å²) in [5.74, 6) is 1.95. The highest BCUT2D eigenvalue weighted by Gasteiger charge is 2.24. The highest BCUT2D eigenvalue weighted by Crippen LogP contribution is 2.30. The van der Waals surface area contributed by atoms with Crippen molar-refractivity contribution in [1.82, 2.24) is 10.2 Å². The molecule has 1 saturated heterocycles. The van der Waals surface area contributed by atoms with Crippen molar-refractivity contribution in [3.05, 3.63) is 54.1 Å². The minimum Gasteiger partial charge on any atom is -0.490 e. The van der Waals surface area contributed by atoms with Gasteiger partial charge < -0.3 is 29.2 Å². The molecule has 2 aliphatic rings. The van der Waals surface area contributed by atoms with Crippen LogP contribution in [0.2, 0.25) is 0 Å². The van der Waals surface area contributed by atoms with E-state index in [9.17, 15) is 9.59 Å². The van der Waals surface area contributed by atoms with Crippen LogP contribution in [0.25, 0.3) is 0 Å². The van der Waals surface area contributed by atoms with Gasteiger partial charge in [0, 0.05) is 38.6 Å². The molecule has 0 bridgehead atoms. The second-order valence-corrected chi connectivity index (χ2v) is 7.86. The fourth-order valence-electron chi connectivity index (χ4n) is 3.79. The summed E-state index contributed by atoms with van der Waals surface area (Å²) in [6.45, 7) is 2.17. The number of carbonyl (C=O) groups excluding carboxylic acids is 2. The molecule has 8 heteroatoms. The number of likely N-dealkylation sites (tertiary alicyclic amines) is 1.